The third-order valence-electron chi connectivity index (χ3n) is 2.73. The van der Waals surface area contributed by atoms with Crippen molar-refractivity contribution < 1.29 is 9.53 Å². The quantitative estimate of drug-likeness (QED) is 0.897. The van der Waals surface area contributed by atoms with Crippen molar-refractivity contribution in [2.45, 2.75) is 33.2 Å². The van der Waals surface area contributed by atoms with Gasteiger partial charge in [-0.3, -0.25) is 4.79 Å². The Morgan fingerprint density at radius 2 is 2.18 bits per heavy atom. The topological polar surface area (TPSA) is 38.3 Å². The molecule has 1 aromatic carbocycles. The van der Waals surface area contributed by atoms with Crippen molar-refractivity contribution in [1.82, 2.24) is 5.32 Å². The lowest BCUT2D eigenvalue weighted by Gasteiger charge is -2.14. The molecule has 0 aliphatic rings. The number of ether oxygens (including phenoxy) is 1. The molecule has 1 N–H and O–H groups in total. The van der Waals surface area contributed by atoms with Crippen molar-refractivity contribution in [2.24, 2.45) is 0 Å². The molecule has 1 aromatic rings. The minimum Gasteiger partial charge on any atom is -0.495 e. The van der Waals surface area contributed by atoms with Gasteiger partial charge in [0.1, 0.15) is 5.75 Å². The van der Waals surface area contributed by atoms with E-state index in [-0.39, 0.29) is 11.9 Å². The molecule has 3 nitrogen and oxygen atoms in total. The smallest absolute Gasteiger partial charge is 0.251 e. The van der Waals surface area contributed by atoms with Crippen LogP contribution in [0.3, 0.4) is 0 Å². The molecule has 0 heterocycles. The molecular weight excluding hydrogens is 238 g/mol. The van der Waals surface area contributed by atoms with Gasteiger partial charge in [-0.15, -0.1) is 0 Å². The number of nitrogens with one attached hydrogen (secondary N) is 1. The molecule has 0 saturated carbocycles. The first-order valence-corrected chi connectivity index (χ1v) is 6.02. The largest absolute Gasteiger partial charge is 0.495 e. The second kappa shape index (κ2) is 5.92. The molecule has 0 saturated heterocycles. The molecule has 1 unspecified atom stereocenters. The standard InChI is InChI=1S/C13H18ClNO2/c1-5-9(3)15-13(16)10-7-11(14)12(17-4)6-8(10)2/h6-7,9H,5H2,1-4H3,(H,15,16). The molecule has 1 atom stereocenters. The van der Waals surface area contributed by atoms with Gasteiger partial charge in [-0.2, -0.15) is 0 Å². The van der Waals surface area contributed by atoms with E-state index in [1.165, 1.54) is 0 Å². The number of benzene rings is 1. The molecule has 1 rings (SSSR count). The second-order valence-electron chi connectivity index (χ2n) is 4.08. The predicted octanol–water partition coefficient (Wildman–Crippen LogP) is 3.19. The maximum atomic E-state index is 12.0. The normalized spacial score (nSPS) is 12.1. The van der Waals surface area contributed by atoms with Gasteiger partial charge in [0.15, 0.2) is 0 Å². The highest BCUT2D eigenvalue weighted by Crippen LogP contribution is 2.27. The minimum atomic E-state index is -0.0959. The summed E-state index contributed by atoms with van der Waals surface area (Å²) in [5.74, 6) is 0.491. The first-order chi connectivity index (χ1) is 7.99. The van der Waals surface area contributed by atoms with Crippen LogP contribution in [-0.4, -0.2) is 19.1 Å². The van der Waals surface area contributed by atoms with E-state index in [1.54, 1.807) is 19.2 Å². The van der Waals surface area contributed by atoms with E-state index in [2.05, 4.69) is 5.32 Å². The summed E-state index contributed by atoms with van der Waals surface area (Å²) in [6.45, 7) is 5.86. The van der Waals surface area contributed by atoms with Crippen LogP contribution in [0, 0.1) is 6.92 Å². The highest BCUT2D eigenvalue weighted by Gasteiger charge is 2.14. The van der Waals surface area contributed by atoms with Crippen LogP contribution < -0.4 is 10.1 Å². The number of halogens is 1. The fourth-order valence-electron chi connectivity index (χ4n) is 1.46. The van der Waals surface area contributed by atoms with Gasteiger partial charge in [0.05, 0.1) is 12.1 Å². The van der Waals surface area contributed by atoms with Crippen LogP contribution in [0.1, 0.15) is 36.2 Å². The Morgan fingerprint density at radius 1 is 1.53 bits per heavy atom. The zero-order valence-electron chi connectivity index (χ0n) is 10.6. The summed E-state index contributed by atoms with van der Waals surface area (Å²) in [4.78, 5) is 12.0. The summed E-state index contributed by atoms with van der Waals surface area (Å²) in [7, 11) is 1.56. The van der Waals surface area contributed by atoms with Gasteiger partial charge < -0.3 is 10.1 Å². The lowest BCUT2D eigenvalue weighted by atomic mass is 10.1. The van der Waals surface area contributed by atoms with Crippen molar-refractivity contribution >= 4 is 17.5 Å². The Balaban J connectivity index is 2.98. The van der Waals surface area contributed by atoms with Crippen LogP contribution in [0.2, 0.25) is 5.02 Å². The predicted molar refractivity (Wildman–Crippen MR) is 70.0 cm³/mol. The Morgan fingerprint density at radius 3 is 2.71 bits per heavy atom. The zero-order chi connectivity index (χ0) is 13.0. The molecule has 4 heteroatoms. The van der Waals surface area contributed by atoms with Crippen molar-refractivity contribution in [3.63, 3.8) is 0 Å². The van der Waals surface area contributed by atoms with Crippen molar-refractivity contribution in [3.05, 3.63) is 28.3 Å². The highest BCUT2D eigenvalue weighted by atomic mass is 35.5. The van der Waals surface area contributed by atoms with Gasteiger partial charge in [-0.1, -0.05) is 18.5 Å². The molecule has 0 radical (unpaired) electrons. The molecule has 0 aliphatic carbocycles. The lowest BCUT2D eigenvalue weighted by molar-refractivity contribution is 0.0938. The van der Waals surface area contributed by atoms with E-state index in [9.17, 15) is 4.79 Å². The van der Waals surface area contributed by atoms with Gasteiger partial charge in [-0.05, 0) is 38.0 Å². The molecule has 94 valence electrons. The third kappa shape index (κ3) is 3.37. The van der Waals surface area contributed by atoms with E-state index in [4.69, 9.17) is 16.3 Å². The lowest BCUT2D eigenvalue weighted by Crippen LogP contribution is -2.32. The first kappa shape index (κ1) is 13.8. The van der Waals surface area contributed by atoms with Crippen LogP contribution in [0.15, 0.2) is 12.1 Å². The Bertz CT molecular complexity index is 418. The molecule has 1 amide bonds. The SMILES string of the molecule is CCC(C)NC(=O)c1cc(Cl)c(OC)cc1C. The van der Waals surface area contributed by atoms with Crippen molar-refractivity contribution in [1.29, 1.82) is 0 Å². The summed E-state index contributed by atoms with van der Waals surface area (Å²) in [6.07, 6.45) is 0.897. The zero-order valence-corrected chi connectivity index (χ0v) is 11.4. The Labute approximate surface area is 107 Å². The molecule has 0 bridgehead atoms. The van der Waals surface area contributed by atoms with Gasteiger partial charge in [0.25, 0.3) is 5.91 Å². The van der Waals surface area contributed by atoms with Crippen molar-refractivity contribution in [2.75, 3.05) is 7.11 Å². The molecule has 0 spiro atoms. The Kier molecular flexibility index (Phi) is 4.82. The number of methoxy groups -OCH3 is 1. The molecule has 0 aliphatic heterocycles. The van der Waals surface area contributed by atoms with E-state index in [0.717, 1.165) is 12.0 Å². The third-order valence-corrected chi connectivity index (χ3v) is 3.03. The van der Waals surface area contributed by atoms with Gasteiger partial charge >= 0.3 is 0 Å². The number of carbonyl (C=O) groups is 1. The summed E-state index contributed by atoms with van der Waals surface area (Å²) in [6, 6.07) is 3.57. The van der Waals surface area contributed by atoms with E-state index in [1.807, 2.05) is 20.8 Å². The number of carbonyl (C=O) groups excluding carboxylic acids is 1. The molecule has 17 heavy (non-hydrogen) atoms. The van der Waals surface area contributed by atoms with Crippen molar-refractivity contribution in [3.8, 4) is 5.75 Å². The fourth-order valence-corrected chi connectivity index (χ4v) is 1.70. The monoisotopic (exact) mass is 255 g/mol. The summed E-state index contributed by atoms with van der Waals surface area (Å²) < 4.78 is 5.10. The minimum absolute atomic E-state index is 0.0959. The van der Waals surface area contributed by atoms with Crippen LogP contribution in [-0.2, 0) is 0 Å². The number of amides is 1. The number of rotatable bonds is 4. The average Bonchev–Trinajstić information content (AvgIpc) is 2.31. The molecule has 0 aromatic heterocycles. The maximum absolute atomic E-state index is 12.0. The van der Waals surface area contributed by atoms with Crippen LogP contribution >= 0.6 is 11.6 Å². The number of hydrogen-bond donors (Lipinski definition) is 1. The number of aryl methyl sites for hydroxylation is 1. The highest BCUT2D eigenvalue weighted by molar-refractivity contribution is 6.32. The van der Waals surface area contributed by atoms with E-state index >= 15 is 0 Å². The molecule has 0 fully saturated rings. The average molecular weight is 256 g/mol. The van der Waals surface area contributed by atoms with Gasteiger partial charge in [0, 0.05) is 11.6 Å². The summed E-state index contributed by atoms with van der Waals surface area (Å²) in [5, 5.41) is 3.36. The first-order valence-electron chi connectivity index (χ1n) is 5.64. The van der Waals surface area contributed by atoms with E-state index in [0.29, 0.717) is 16.3 Å². The van der Waals surface area contributed by atoms with Crippen LogP contribution in [0.5, 0.6) is 5.75 Å². The van der Waals surface area contributed by atoms with Crippen LogP contribution in [0.4, 0.5) is 0 Å². The summed E-state index contributed by atoms with van der Waals surface area (Å²) in [5.41, 5.74) is 1.45. The number of hydrogen-bond acceptors (Lipinski definition) is 2. The van der Waals surface area contributed by atoms with Gasteiger partial charge in [-0.25, -0.2) is 0 Å². The second-order valence-corrected chi connectivity index (χ2v) is 4.49. The Hall–Kier alpha value is -1.22. The maximum Gasteiger partial charge on any atom is 0.251 e. The summed E-state index contributed by atoms with van der Waals surface area (Å²) >= 11 is 6.01. The fraction of sp³-hybridized carbons (Fsp3) is 0.462. The molecular formula is C13H18ClNO2. The van der Waals surface area contributed by atoms with Gasteiger partial charge in [0.2, 0.25) is 0 Å². The van der Waals surface area contributed by atoms with E-state index < -0.39 is 0 Å². The van der Waals surface area contributed by atoms with Crippen LogP contribution in [0.25, 0.3) is 0 Å².